The topological polar surface area (TPSA) is 47.6 Å². The van der Waals surface area contributed by atoms with Crippen LogP contribution in [0.5, 0.6) is 0 Å². The van der Waals surface area contributed by atoms with Crippen molar-refractivity contribution in [1.29, 1.82) is 0 Å². The molecule has 0 aromatic heterocycles. The smallest absolute Gasteiger partial charge is 0.400 e. The summed E-state index contributed by atoms with van der Waals surface area (Å²) >= 11 is 0. The molecule has 1 heterocycles. The van der Waals surface area contributed by atoms with E-state index in [1.807, 2.05) is 0 Å². The lowest BCUT2D eigenvalue weighted by atomic mass is 9.76. The molecule has 0 aliphatic carbocycles. The van der Waals surface area contributed by atoms with Gasteiger partial charge in [0.2, 0.25) is 5.91 Å². The molecule has 1 N–H and O–H groups in total. The van der Waals surface area contributed by atoms with Crippen molar-refractivity contribution in [3.05, 3.63) is 40.4 Å². The lowest BCUT2D eigenvalue weighted by Crippen LogP contribution is -2.41. The largest absolute Gasteiger partial charge is 0.492 e. The molecular weight excluding hydrogens is 353 g/mol. The maximum absolute atomic E-state index is 14.0. The molecule has 0 bridgehead atoms. The number of rotatable bonds is 4. The minimum atomic E-state index is -1.54. The molecule has 1 aliphatic rings. The standard InChI is InChI=1S/C17H20BF4NO3/c1-9(24)23-8-10(18-25-16(2,3)17(4,5)26-18)6-11-14(21)12(19)7-13(20)15(11)22/h6-7H,8H2,1-5H3,(H,23,24). The van der Waals surface area contributed by atoms with Crippen molar-refractivity contribution < 1.29 is 31.7 Å². The molecule has 142 valence electrons. The van der Waals surface area contributed by atoms with E-state index in [0.717, 1.165) is 6.08 Å². The van der Waals surface area contributed by atoms with Gasteiger partial charge in [0.05, 0.1) is 16.8 Å². The van der Waals surface area contributed by atoms with E-state index in [1.54, 1.807) is 27.7 Å². The maximum Gasteiger partial charge on any atom is 0.492 e. The Hall–Kier alpha value is -1.87. The van der Waals surface area contributed by atoms with Gasteiger partial charge >= 0.3 is 7.12 Å². The monoisotopic (exact) mass is 373 g/mol. The summed E-state index contributed by atoms with van der Waals surface area (Å²) in [5, 5.41) is 2.47. The SMILES string of the molecule is CC(=O)NCC(=Cc1c(F)c(F)cc(F)c1F)B1OC(C)(C)C(C)(C)O1. The zero-order valence-corrected chi connectivity index (χ0v) is 15.2. The van der Waals surface area contributed by atoms with Gasteiger partial charge in [0.1, 0.15) is 0 Å². The number of nitrogens with one attached hydrogen (secondary N) is 1. The van der Waals surface area contributed by atoms with Crippen molar-refractivity contribution >= 4 is 19.1 Å². The molecule has 0 atom stereocenters. The van der Waals surface area contributed by atoms with E-state index in [0.29, 0.717) is 0 Å². The molecule has 0 unspecified atom stereocenters. The second-order valence-electron chi connectivity index (χ2n) is 7.10. The molecule has 4 nitrogen and oxygen atoms in total. The molecule has 1 aromatic rings. The van der Waals surface area contributed by atoms with E-state index < -0.39 is 53.1 Å². The van der Waals surface area contributed by atoms with Crippen LogP contribution in [0.2, 0.25) is 0 Å². The third-order valence-electron chi connectivity index (χ3n) is 4.57. The van der Waals surface area contributed by atoms with E-state index in [-0.39, 0.29) is 18.1 Å². The molecule has 0 spiro atoms. The Bertz CT molecular complexity index is 723. The predicted molar refractivity (Wildman–Crippen MR) is 89.0 cm³/mol. The molecule has 1 fully saturated rings. The molecule has 9 heteroatoms. The fourth-order valence-corrected chi connectivity index (χ4v) is 2.33. The number of hydrogen-bond donors (Lipinski definition) is 1. The van der Waals surface area contributed by atoms with Crippen LogP contribution in [0.3, 0.4) is 0 Å². The summed E-state index contributed by atoms with van der Waals surface area (Å²) in [4.78, 5) is 11.2. The molecule has 1 amide bonds. The summed E-state index contributed by atoms with van der Waals surface area (Å²) in [6.45, 7) is 8.16. The van der Waals surface area contributed by atoms with Crippen molar-refractivity contribution in [2.75, 3.05) is 6.54 Å². The van der Waals surface area contributed by atoms with Gasteiger partial charge in [-0.2, -0.15) is 0 Å². The summed E-state index contributed by atoms with van der Waals surface area (Å²) in [5.74, 6) is -6.54. The third kappa shape index (κ3) is 3.93. The van der Waals surface area contributed by atoms with Gasteiger partial charge in [0, 0.05) is 19.5 Å². The van der Waals surface area contributed by atoms with Crippen LogP contribution in [0, 0.1) is 23.3 Å². The fraction of sp³-hybridized carbons (Fsp3) is 0.471. The van der Waals surface area contributed by atoms with Gasteiger partial charge in [-0.1, -0.05) is 6.08 Å². The lowest BCUT2D eigenvalue weighted by molar-refractivity contribution is -0.118. The van der Waals surface area contributed by atoms with Crippen molar-refractivity contribution in [3.8, 4) is 0 Å². The average molecular weight is 373 g/mol. The molecule has 1 aromatic carbocycles. The summed E-state index contributed by atoms with van der Waals surface area (Å²) in [6.07, 6.45) is 0.898. The highest BCUT2D eigenvalue weighted by Crippen LogP contribution is 2.39. The Morgan fingerprint density at radius 2 is 1.54 bits per heavy atom. The zero-order valence-electron chi connectivity index (χ0n) is 15.2. The second kappa shape index (κ2) is 7.04. The third-order valence-corrected chi connectivity index (χ3v) is 4.57. The molecule has 0 saturated carbocycles. The Morgan fingerprint density at radius 1 is 1.08 bits per heavy atom. The molecule has 26 heavy (non-hydrogen) atoms. The first-order valence-electron chi connectivity index (χ1n) is 7.99. The van der Waals surface area contributed by atoms with E-state index in [2.05, 4.69) is 5.32 Å². The average Bonchev–Trinajstić information content (AvgIpc) is 2.72. The van der Waals surface area contributed by atoms with Gasteiger partial charge < -0.3 is 14.6 Å². The van der Waals surface area contributed by atoms with Gasteiger partial charge in [-0.25, -0.2) is 17.6 Å². The van der Waals surface area contributed by atoms with Crippen LogP contribution < -0.4 is 5.32 Å². The minimum absolute atomic E-state index is 0.113. The van der Waals surface area contributed by atoms with E-state index in [4.69, 9.17) is 9.31 Å². The summed E-state index contributed by atoms with van der Waals surface area (Å²) < 4.78 is 66.5. The van der Waals surface area contributed by atoms with Crippen molar-refractivity contribution in [1.82, 2.24) is 5.32 Å². The minimum Gasteiger partial charge on any atom is -0.400 e. The van der Waals surface area contributed by atoms with Gasteiger partial charge in [-0.05, 0) is 33.2 Å². The van der Waals surface area contributed by atoms with E-state index >= 15 is 0 Å². The van der Waals surface area contributed by atoms with Crippen LogP contribution in [-0.4, -0.2) is 30.8 Å². The molecule has 1 aliphatic heterocycles. The van der Waals surface area contributed by atoms with Crippen LogP contribution in [0.4, 0.5) is 17.6 Å². The maximum atomic E-state index is 14.0. The van der Waals surface area contributed by atoms with E-state index in [1.165, 1.54) is 6.92 Å². The first-order chi connectivity index (χ1) is 11.9. The van der Waals surface area contributed by atoms with Gasteiger partial charge in [0.25, 0.3) is 0 Å². The Kier molecular flexibility index (Phi) is 5.53. The number of carbonyl (C=O) groups is 1. The Labute approximate surface area is 149 Å². The van der Waals surface area contributed by atoms with E-state index in [9.17, 15) is 22.4 Å². The first-order valence-corrected chi connectivity index (χ1v) is 7.99. The lowest BCUT2D eigenvalue weighted by Gasteiger charge is -2.32. The number of benzene rings is 1. The Morgan fingerprint density at radius 3 is 1.96 bits per heavy atom. The summed E-state index contributed by atoms with van der Waals surface area (Å²) in [6, 6.07) is 0.129. The van der Waals surface area contributed by atoms with Gasteiger partial charge in [0.15, 0.2) is 23.3 Å². The van der Waals surface area contributed by atoms with Crippen LogP contribution in [0.1, 0.15) is 40.2 Å². The second-order valence-corrected chi connectivity index (χ2v) is 7.10. The normalized spacial score (nSPS) is 19.0. The van der Waals surface area contributed by atoms with Crippen LogP contribution in [0.15, 0.2) is 11.5 Å². The molecule has 1 saturated heterocycles. The Balaban J connectivity index is 2.50. The highest BCUT2D eigenvalue weighted by molar-refractivity contribution is 6.56. The predicted octanol–water partition coefficient (Wildman–Crippen LogP) is 3.39. The first kappa shape index (κ1) is 20.4. The van der Waals surface area contributed by atoms with Gasteiger partial charge in [-0.15, -0.1) is 0 Å². The number of amides is 1. The van der Waals surface area contributed by atoms with Crippen LogP contribution in [0.25, 0.3) is 6.08 Å². The molecule has 2 rings (SSSR count). The highest BCUT2D eigenvalue weighted by Gasteiger charge is 2.52. The molecular formula is C17H20BF4NO3. The fourth-order valence-electron chi connectivity index (χ4n) is 2.33. The molecule has 0 radical (unpaired) electrons. The van der Waals surface area contributed by atoms with Crippen LogP contribution >= 0.6 is 0 Å². The number of carbonyl (C=O) groups excluding carboxylic acids is 1. The van der Waals surface area contributed by atoms with Crippen molar-refractivity contribution in [3.63, 3.8) is 0 Å². The van der Waals surface area contributed by atoms with Crippen molar-refractivity contribution in [2.45, 2.75) is 45.8 Å². The van der Waals surface area contributed by atoms with Crippen molar-refractivity contribution in [2.24, 2.45) is 0 Å². The summed E-state index contributed by atoms with van der Waals surface area (Å²) in [7, 11) is -1.06. The number of halogens is 4. The van der Waals surface area contributed by atoms with Crippen LogP contribution in [-0.2, 0) is 14.1 Å². The highest BCUT2D eigenvalue weighted by atomic mass is 19.2. The number of hydrogen-bond acceptors (Lipinski definition) is 3. The zero-order chi connectivity index (χ0) is 19.9. The summed E-state index contributed by atoms with van der Waals surface area (Å²) in [5.41, 5.74) is -2.30. The van der Waals surface area contributed by atoms with Gasteiger partial charge in [-0.3, -0.25) is 4.79 Å². The quantitative estimate of drug-likeness (QED) is 0.500.